The molecule has 0 aromatic carbocycles. The number of hydrogen-bond donors (Lipinski definition) is 0. The van der Waals surface area contributed by atoms with Gasteiger partial charge < -0.3 is 24.9 Å². The summed E-state index contributed by atoms with van der Waals surface area (Å²) in [5, 5.41) is 25.6. The van der Waals surface area contributed by atoms with Crippen molar-refractivity contribution in [3.8, 4) is 0 Å². The van der Waals surface area contributed by atoms with E-state index < -0.39 is 12.1 Å². The summed E-state index contributed by atoms with van der Waals surface area (Å²) in [6.45, 7) is 0.972. The summed E-state index contributed by atoms with van der Waals surface area (Å²) in [6, 6.07) is 0. The Balaban J connectivity index is -0.0000000171. The average Bonchev–Trinajstić information content (AvgIpc) is 1.25. The van der Waals surface area contributed by atoms with Gasteiger partial charge in [0.1, 0.15) is 0 Å². The van der Waals surface area contributed by atoms with E-state index in [2.05, 4.69) is 0 Å². The number of carbonyl (C=O) groups is 2. The van der Waals surface area contributed by atoms with Gasteiger partial charge in [0, 0.05) is 5.97 Å². The largest absolute Gasteiger partial charge is 1.00 e. The summed E-state index contributed by atoms with van der Waals surface area (Å²) in [6.07, 6.45) is -2.33. The molecule has 11 heavy (non-hydrogen) atoms. The molecule has 0 aliphatic carbocycles. The number of rotatable bonds is 0. The predicted octanol–water partition coefficient (Wildman–Crippen LogP) is -12.7. The maximum Gasteiger partial charge on any atom is 1.00 e. The molecule has 0 atom stereocenters. The number of carboxylic acids is 1. The first kappa shape index (κ1) is 30.0. The molecule has 0 aromatic heterocycles. The summed E-state index contributed by atoms with van der Waals surface area (Å²) in [4.78, 5) is 17.2. The van der Waals surface area contributed by atoms with Crippen molar-refractivity contribution in [2.24, 2.45) is 0 Å². The van der Waals surface area contributed by atoms with Crippen molar-refractivity contribution in [1.29, 1.82) is 0 Å². The van der Waals surface area contributed by atoms with Gasteiger partial charge in [-0.25, -0.2) is 0 Å². The van der Waals surface area contributed by atoms with Crippen molar-refractivity contribution < 1.29 is 81.5 Å². The first-order chi connectivity index (χ1) is 3.46. The van der Waals surface area contributed by atoms with Crippen LogP contribution in [0.5, 0.6) is 0 Å². The summed E-state index contributed by atoms with van der Waals surface area (Å²) >= 11 is 0. The molecule has 0 bridgehead atoms. The molecule has 48 valence electrons. The molecule has 8 heteroatoms. The van der Waals surface area contributed by atoms with Gasteiger partial charge in [-0.05, 0) is 13.1 Å². The molecule has 0 N–H and O–H groups in total. The van der Waals surface area contributed by atoms with E-state index in [9.17, 15) is 0 Å². The SMILES string of the molecule is CC(=O)[O-].O=C([O-])[O-].[Li+].[Li+].[Li+]. The smallest absolute Gasteiger partial charge is 0.652 e. The Morgan fingerprint density at radius 1 is 0.909 bits per heavy atom. The molecule has 0 aliphatic heterocycles. The fraction of sp³-hybridized carbons (Fsp3) is 0.333. The van der Waals surface area contributed by atoms with Crippen LogP contribution in [0.1, 0.15) is 6.92 Å². The minimum atomic E-state index is -2.33. The van der Waals surface area contributed by atoms with Crippen molar-refractivity contribution in [2.75, 3.05) is 0 Å². The Bertz CT molecular complexity index is 75.0. The van der Waals surface area contributed by atoms with Gasteiger partial charge in [0.25, 0.3) is 0 Å². The zero-order valence-corrected chi connectivity index (χ0v) is 7.04. The number of carboxylic acid groups (broad SMARTS) is 3. The summed E-state index contributed by atoms with van der Waals surface area (Å²) in [5.74, 6) is -1.08. The van der Waals surface area contributed by atoms with E-state index in [0.717, 1.165) is 6.92 Å². The van der Waals surface area contributed by atoms with Crippen LogP contribution in [-0.2, 0) is 4.79 Å². The quantitative estimate of drug-likeness (QED) is 0.310. The Kier molecular flexibility index (Phi) is 61.1. The summed E-state index contributed by atoms with van der Waals surface area (Å²) < 4.78 is 0. The summed E-state index contributed by atoms with van der Waals surface area (Å²) in [7, 11) is 0. The first-order valence-corrected chi connectivity index (χ1v) is 1.52. The van der Waals surface area contributed by atoms with Crippen molar-refractivity contribution in [3.05, 3.63) is 0 Å². The van der Waals surface area contributed by atoms with Gasteiger partial charge in [-0.2, -0.15) is 0 Å². The van der Waals surface area contributed by atoms with E-state index in [4.69, 9.17) is 24.9 Å². The third-order valence-electron chi connectivity index (χ3n) is 0. The Morgan fingerprint density at radius 3 is 0.909 bits per heavy atom. The molecule has 0 saturated heterocycles. The Morgan fingerprint density at radius 2 is 0.909 bits per heavy atom. The molecular formula is C3H3Li3O5. The molecule has 0 radical (unpaired) electrons. The zero-order valence-electron chi connectivity index (χ0n) is 7.04. The van der Waals surface area contributed by atoms with Gasteiger partial charge in [0.15, 0.2) is 0 Å². The van der Waals surface area contributed by atoms with E-state index in [1.807, 2.05) is 0 Å². The minimum absolute atomic E-state index is 0. The van der Waals surface area contributed by atoms with Crippen LogP contribution in [0.2, 0.25) is 0 Å². The van der Waals surface area contributed by atoms with E-state index in [1.54, 1.807) is 0 Å². The Labute approximate surface area is 100 Å². The van der Waals surface area contributed by atoms with E-state index in [0.29, 0.717) is 0 Å². The standard InChI is InChI=1S/C2H4O2.CH2O3.3Li/c1-2(3)4;2-1(3)4;;;/h1H3,(H,3,4);(H2,2,3,4);;;/q;;3*+1/p-3. The van der Waals surface area contributed by atoms with Crippen LogP contribution in [0.3, 0.4) is 0 Å². The fourth-order valence-electron chi connectivity index (χ4n) is 0. The molecular weight excluding hydrogens is 137 g/mol. The van der Waals surface area contributed by atoms with Gasteiger partial charge in [-0.1, -0.05) is 0 Å². The molecule has 0 rings (SSSR count). The molecule has 0 saturated carbocycles. The Hall–Kier alpha value is 0.532. The normalized spacial score (nSPS) is 4.45. The fourth-order valence-corrected chi connectivity index (χ4v) is 0. The van der Waals surface area contributed by atoms with Crippen LogP contribution in [0, 0.1) is 0 Å². The second-order valence-corrected chi connectivity index (χ2v) is 0.742. The molecule has 0 spiro atoms. The van der Waals surface area contributed by atoms with Crippen LogP contribution in [0.4, 0.5) is 4.79 Å². The summed E-state index contributed by atoms with van der Waals surface area (Å²) in [5.41, 5.74) is 0. The van der Waals surface area contributed by atoms with E-state index in [-0.39, 0.29) is 56.6 Å². The van der Waals surface area contributed by atoms with Crippen LogP contribution in [0.25, 0.3) is 0 Å². The van der Waals surface area contributed by atoms with Crippen molar-refractivity contribution in [1.82, 2.24) is 0 Å². The minimum Gasteiger partial charge on any atom is -0.652 e. The van der Waals surface area contributed by atoms with E-state index >= 15 is 0 Å². The monoisotopic (exact) mass is 140 g/mol. The molecule has 0 fully saturated rings. The third kappa shape index (κ3) is 2710. The van der Waals surface area contributed by atoms with Crippen molar-refractivity contribution >= 4 is 12.1 Å². The second kappa shape index (κ2) is 22.4. The van der Waals surface area contributed by atoms with Gasteiger partial charge >= 0.3 is 56.6 Å². The van der Waals surface area contributed by atoms with Crippen LogP contribution < -0.4 is 71.9 Å². The molecule has 0 unspecified atom stereocenters. The number of carbonyl (C=O) groups excluding carboxylic acids is 2. The topological polar surface area (TPSA) is 103 Å². The number of aliphatic carboxylic acids is 1. The molecule has 5 nitrogen and oxygen atoms in total. The van der Waals surface area contributed by atoms with E-state index in [1.165, 1.54) is 0 Å². The molecule has 0 heterocycles. The maximum absolute atomic E-state index is 8.89. The predicted molar refractivity (Wildman–Crippen MR) is 16.1 cm³/mol. The number of hydrogen-bond acceptors (Lipinski definition) is 5. The van der Waals surface area contributed by atoms with Gasteiger partial charge in [0.05, 0.1) is 0 Å². The second-order valence-electron chi connectivity index (χ2n) is 0.742. The maximum atomic E-state index is 8.89. The molecule has 0 amide bonds. The van der Waals surface area contributed by atoms with Crippen molar-refractivity contribution in [3.63, 3.8) is 0 Å². The van der Waals surface area contributed by atoms with Gasteiger partial charge in [-0.3, -0.25) is 0 Å². The van der Waals surface area contributed by atoms with Gasteiger partial charge in [0.2, 0.25) is 0 Å². The van der Waals surface area contributed by atoms with Crippen LogP contribution >= 0.6 is 0 Å². The first-order valence-electron chi connectivity index (χ1n) is 1.52. The average molecular weight is 140 g/mol. The van der Waals surface area contributed by atoms with Gasteiger partial charge in [-0.15, -0.1) is 0 Å². The van der Waals surface area contributed by atoms with Crippen LogP contribution in [-0.4, -0.2) is 12.1 Å². The molecule has 0 aliphatic rings. The molecule has 0 aromatic rings. The third-order valence-corrected chi connectivity index (χ3v) is 0. The zero-order chi connectivity index (χ0) is 7.15. The van der Waals surface area contributed by atoms with Crippen molar-refractivity contribution in [2.45, 2.75) is 6.92 Å². The van der Waals surface area contributed by atoms with Crippen LogP contribution in [0.15, 0.2) is 0 Å².